The molecule has 0 spiro atoms. The molecule has 0 N–H and O–H groups in total. The zero-order chi connectivity index (χ0) is 25.6. The molecule has 0 aliphatic heterocycles. The Kier molecular flexibility index (Phi) is 14.2. The molecule has 0 saturated carbocycles. The molecule has 0 saturated heterocycles. The Morgan fingerprint density at radius 1 is 0.571 bits per heavy atom. The van der Waals surface area contributed by atoms with Gasteiger partial charge in [-0.05, 0) is 89.0 Å². The van der Waals surface area contributed by atoms with E-state index >= 15 is 0 Å². The summed E-state index contributed by atoms with van der Waals surface area (Å²) < 4.78 is 30.2. The van der Waals surface area contributed by atoms with Crippen LogP contribution in [0.15, 0.2) is 58.3 Å². The van der Waals surface area contributed by atoms with Crippen molar-refractivity contribution in [1.29, 1.82) is 0 Å². The van der Waals surface area contributed by atoms with Gasteiger partial charge in [0.1, 0.15) is 0 Å². The van der Waals surface area contributed by atoms with Gasteiger partial charge in [0.25, 0.3) is 0 Å². The number of rotatable bonds is 18. The second-order valence-corrected chi connectivity index (χ2v) is 16.9. The van der Waals surface area contributed by atoms with Crippen LogP contribution < -0.4 is 0 Å². The second-order valence-electron chi connectivity index (χ2n) is 8.45. The van der Waals surface area contributed by atoms with E-state index in [0.717, 1.165) is 34.7 Å². The van der Waals surface area contributed by atoms with Crippen LogP contribution in [0.2, 0.25) is 25.2 Å². The Labute approximate surface area is 223 Å². The van der Waals surface area contributed by atoms with Gasteiger partial charge >= 0.3 is 17.1 Å². The highest BCUT2D eigenvalue weighted by Crippen LogP contribution is 2.35. The highest BCUT2D eigenvalue weighted by molar-refractivity contribution is 8.08. The molecular weight excluding hydrogens is 513 g/mol. The molecule has 0 atom stereocenters. The van der Waals surface area contributed by atoms with Crippen molar-refractivity contribution < 1.29 is 21.3 Å². The first-order valence-corrected chi connectivity index (χ1v) is 19.1. The molecule has 0 bridgehead atoms. The Balaban J connectivity index is 1.98. The topological polar surface area (TPSA) is 46.2 Å². The smallest absolute Gasteiger partial charge is 0.335 e. The minimum Gasteiger partial charge on any atom is -0.395 e. The maximum atomic E-state index is 6.07. The molecule has 35 heavy (non-hydrogen) atoms. The van der Waals surface area contributed by atoms with Gasteiger partial charge in [0.15, 0.2) is 0 Å². The van der Waals surface area contributed by atoms with E-state index in [0.29, 0.717) is 26.4 Å². The highest BCUT2D eigenvalue weighted by atomic mass is 32.2. The number of benzene rings is 2. The van der Waals surface area contributed by atoms with E-state index in [1.165, 1.54) is 35.2 Å². The zero-order valence-electron chi connectivity index (χ0n) is 22.1. The average molecular weight is 555 g/mol. The van der Waals surface area contributed by atoms with Gasteiger partial charge in [-0.1, -0.05) is 36.4 Å². The van der Waals surface area contributed by atoms with Crippen LogP contribution in [0.25, 0.3) is 0 Å². The molecule has 2 aromatic carbocycles. The fraction of sp³-hybridized carbons (Fsp3) is 0.538. The third-order valence-electron chi connectivity index (χ3n) is 5.69. The minimum atomic E-state index is -2.16. The number of hydrogen-bond donors (Lipinski definition) is 0. The monoisotopic (exact) mass is 554 g/mol. The van der Waals surface area contributed by atoms with E-state index in [-0.39, 0.29) is 0 Å². The lowest BCUT2D eigenvalue weighted by atomic mass is 10.2. The SMILES string of the molecule is CCO[Si](C)(CCc1ccccc1SOSc1ccccc1CC[Si](C)(OCC)OCC)OCC. The average Bonchev–Trinajstić information content (AvgIpc) is 2.83. The third-order valence-corrected chi connectivity index (χ3v) is 13.3. The first kappa shape index (κ1) is 30.6. The minimum absolute atomic E-state index is 0.690. The fourth-order valence-corrected chi connectivity index (χ4v) is 10.2. The largest absolute Gasteiger partial charge is 0.395 e. The van der Waals surface area contributed by atoms with Crippen molar-refractivity contribution in [3.63, 3.8) is 0 Å². The van der Waals surface area contributed by atoms with E-state index < -0.39 is 17.1 Å². The third kappa shape index (κ3) is 10.7. The Morgan fingerprint density at radius 3 is 1.26 bits per heavy atom. The van der Waals surface area contributed by atoms with Crippen LogP contribution in [0.5, 0.6) is 0 Å². The van der Waals surface area contributed by atoms with Crippen LogP contribution >= 0.6 is 24.1 Å². The van der Waals surface area contributed by atoms with Crippen LogP contribution in [0.3, 0.4) is 0 Å². The highest BCUT2D eigenvalue weighted by Gasteiger charge is 2.31. The summed E-state index contributed by atoms with van der Waals surface area (Å²) >= 11 is 2.85. The predicted octanol–water partition coefficient (Wildman–Crippen LogP) is 7.79. The van der Waals surface area contributed by atoms with E-state index in [1.54, 1.807) is 0 Å². The van der Waals surface area contributed by atoms with Crippen molar-refractivity contribution in [3.8, 4) is 0 Å². The van der Waals surface area contributed by atoms with Gasteiger partial charge < -0.3 is 17.7 Å². The van der Waals surface area contributed by atoms with E-state index in [1.807, 2.05) is 27.7 Å². The van der Waals surface area contributed by atoms with Crippen molar-refractivity contribution in [2.24, 2.45) is 0 Å². The van der Waals surface area contributed by atoms with Crippen LogP contribution in [-0.4, -0.2) is 43.5 Å². The van der Waals surface area contributed by atoms with E-state index in [4.69, 9.17) is 21.3 Å². The van der Waals surface area contributed by atoms with Gasteiger partial charge in [-0.25, -0.2) is 3.63 Å². The first-order valence-electron chi connectivity index (χ1n) is 12.6. The molecule has 0 fully saturated rings. The van der Waals surface area contributed by atoms with Crippen molar-refractivity contribution in [3.05, 3.63) is 59.7 Å². The predicted molar refractivity (Wildman–Crippen MR) is 152 cm³/mol. The summed E-state index contributed by atoms with van der Waals surface area (Å²) in [5.41, 5.74) is 2.53. The molecule has 9 heteroatoms. The van der Waals surface area contributed by atoms with Gasteiger partial charge in [0, 0.05) is 60.3 Å². The van der Waals surface area contributed by atoms with Crippen LogP contribution in [0.4, 0.5) is 0 Å². The summed E-state index contributed by atoms with van der Waals surface area (Å²) in [6, 6.07) is 18.7. The Morgan fingerprint density at radius 2 is 0.914 bits per heavy atom. The van der Waals surface area contributed by atoms with Crippen molar-refractivity contribution in [2.75, 3.05) is 26.4 Å². The maximum Gasteiger partial charge on any atom is 0.335 e. The molecule has 0 aliphatic rings. The molecule has 5 nitrogen and oxygen atoms in total. The van der Waals surface area contributed by atoms with Gasteiger partial charge in [0.05, 0.1) is 0 Å². The van der Waals surface area contributed by atoms with Crippen molar-refractivity contribution in [2.45, 2.75) is 75.5 Å². The lowest BCUT2D eigenvalue weighted by Crippen LogP contribution is -2.39. The van der Waals surface area contributed by atoms with Crippen molar-refractivity contribution >= 4 is 41.2 Å². The van der Waals surface area contributed by atoms with Crippen molar-refractivity contribution in [1.82, 2.24) is 0 Å². The molecule has 0 radical (unpaired) electrons. The summed E-state index contributed by atoms with van der Waals surface area (Å²) in [7, 11) is -4.31. The lowest BCUT2D eigenvalue weighted by molar-refractivity contribution is 0.188. The number of aryl methyl sites for hydroxylation is 2. The first-order chi connectivity index (χ1) is 16.9. The molecule has 2 aromatic rings. The van der Waals surface area contributed by atoms with Gasteiger partial charge in [-0.3, -0.25) is 0 Å². The zero-order valence-corrected chi connectivity index (χ0v) is 25.8. The molecule has 0 aliphatic carbocycles. The Hall–Kier alpha value is -0.626. The molecule has 0 heterocycles. The quantitative estimate of drug-likeness (QED) is 0.138. The summed E-state index contributed by atoms with van der Waals surface area (Å²) in [4.78, 5) is 2.27. The lowest BCUT2D eigenvalue weighted by Gasteiger charge is -2.26. The summed E-state index contributed by atoms with van der Waals surface area (Å²) in [5.74, 6) is 0. The fourth-order valence-electron chi connectivity index (χ4n) is 3.99. The molecule has 0 unspecified atom stereocenters. The van der Waals surface area contributed by atoms with Crippen LogP contribution in [-0.2, 0) is 34.2 Å². The second kappa shape index (κ2) is 16.3. The molecule has 0 aromatic heterocycles. The van der Waals surface area contributed by atoms with Crippen LogP contribution in [0, 0.1) is 0 Å². The van der Waals surface area contributed by atoms with Crippen LogP contribution in [0.1, 0.15) is 38.8 Å². The number of hydrogen-bond acceptors (Lipinski definition) is 7. The standard InChI is InChI=1S/C26H42O5S2Si2/c1-7-27-34(5,28-8-2)21-19-23-15-11-13-17-25(23)32-31-33-26-18-14-12-16-24(26)20-22-35(6,29-9-3)30-10-4/h11-18H,7-10,19-22H2,1-6H3. The van der Waals surface area contributed by atoms with Gasteiger partial charge in [-0.2, -0.15) is 0 Å². The van der Waals surface area contributed by atoms with Gasteiger partial charge in [0.2, 0.25) is 0 Å². The summed E-state index contributed by atoms with van der Waals surface area (Å²) in [6.07, 6.45) is 1.82. The summed E-state index contributed by atoms with van der Waals surface area (Å²) in [5, 5.41) is 0. The Bertz CT molecular complexity index is 790. The normalized spacial score (nSPS) is 12.3. The summed E-state index contributed by atoms with van der Waals surface area (Å²) in [6.45, 7) is 15.2. The molecule has 196 valence electrons. The van der Waals surface area contributed by atoms with E-state index in [2.05, 4.69) is 61.6 Å². The van der Waals surface area contributed by atoms with E-state index in [9.17, 15) is 0 Å². The molecule has 0 amide bonds. The molecular formula is C26H42O5S2Si2. The van der Waals surface area contributed by atoms with Gasteiger partial charge in [-0.15, -0.1) is 0 Å². The maximum absolute atomic E-state index is 6.07. The molecule has 2 rings (SSSR count).